The number of aliphatic imine (C=N–C) groups is 1. The van der Waals surface area contributed by atoms with Gasteiger partial charge in [-0.2, -0.15) is 0 Å². The summed E-state index contributed by atoms with van der Waals surface area (Å²) in [5.74, 6) is 2.09. The van der Waals surface area contributed by atoms with Gasteiger partial charge in [-0.15, -0.1) is 0 Å². The van der Waals surface area contributed by atoms with Gasteiger partial charge in [0.2, 0.25) is 0 Å². The Bertz CT molecular complexity index is 642. The monoisotopic (exact) mass is 394 g/mol. The number of rotatable bonds is 9. The highest BCUT2D eigenvalue weighted by molar-refractivity contribution is 5.79. The molecule has 158 valence electrons. The van der Waals surface area contributed by atoms with Crippen molar-refractivity contribution >= 4 is 12.1 Å². The third-order valence-corrected chi connectivity index (χ3v) is 3.53. The second kappa shape index (κ2) is 11.9. The quantitative estimate of drug-likeness (QED) is 0.339. The Labute approximate surface area is 168 Å². The smallest absolute Gasteiger partial charge is 0.407 e. The summed E-state index contributed by atoms with van der Waals surface area (Å²) in [5, 5.41) is 9.20. The van der Waals surface area contributed by atoms with Crippen LogP contribution in [0, 0.1) is 0 Å². The van der Waals surface area contributed by atoms with E-state index in [1.54, 1.807) is 14.2 Å². The lowest BCUT2D eigenvalue weighted by molar-refractivity contribution is 0.0527. The van der Waals surface area contributed by atoms with Gasteiger partial charge in [-0.1, -0.05) is 6.07 Å². The van der Waals surface area contributed by atoms with E-state index in [1.807, 2.05) is 45.9 Å². The van der Waals surface area contributed by atoms with Crippen molar-refractivity contribution in [2.75, 3.05) is 33.9 Å². The normalized spacial score (nSPS) is 11.6. The van der Waals surface area contributed by atoms with Gasteiger partial charge in [-0.25, -0.2) is 9.79 Å². The zero-order chi connectivity index (χ0) is 21.0. The third kappa shape index (κ3) is 9.34. The van der Waals surface area contributed by atoms with Crippen LogP contribution in [0.4, 0.5) is 4.79 Å². The van der Waals surface area contributed by atoms with Crippen LogP contribution in [0.1, 0.15) is 39.7 Å². The van der Waals surface area contributed by atoms with E-state index in [0.29, 0.717) is 31.1 Å². The van der Waals surface area contributed by atoms with Crippen LogP contribution in [0.25, 0.3) is 0 Å². The molecule has 0 aromatic heterocycles. The van der Waals surface area contributed by atoms with Gasteiger partial charge in [0.05, 0.1) is 20.8 Å². The molecular formula is C20H34N4O4. The molecule has 0 fully saturated rings. The molecule has 0 bridgehead atoms. The lowest BCUT2D eigenvalue weighted by Gasteiger charge is -2.19. The zero-order valence-corrected chi connectivity index (χ0v) is 17.8. The highest BCUT2D eigenvalue weighted by Gasteiger charge is 2.15. The van der Waals surface area contributed by atoms with E-state index >= 15 is 0 Å². The molecule has 3 N–H and O–H groups in total. The summed E-state index contributed by atoms with van der Waals surface area (Å²) < 4.78 is 15.8. The molecule has 0 saturated heterocycles. The predicted molar refractivity (Wildman–Crippen MR) is 111 cm³/mol. The summed E-state index contributed by atoms with van der Waals surface area (Å²) in [6.45, 7) is 9.99. The first kappa shape index (κ1) is 23.4. The molecule has 0 radical (unpaired) electrons. The molecule has 0 aliphatic heterocycles. The Hall–Kier alpha value is -2.64. The summed E-state index contributed by atoms with van der Waals surface area (Å²) in [6, 6.07) is 5.74. The van der Waals surface area contributed by atoms with Crippen LogP contribution in [0.3, 0.4) is 0 Å². The van der Waals surface area contributed by atoms with Gasteiger partial charge in [0, 0.05) is 19.6 Å². The fourth-order valence-corrected chi connectivity index (χ4v) is 2.29. The van der Waals surface area contributed by atoms with Crippen molar-refractivity contribution < 1.29 is 19.0 Å². The number of nitrogens with one attached hydrogen (secondary N) is 3. The first-order valence-corrected chi connectivity index (χ1v) is 9.49. The van der Waals surface area contributed by atoms with E-state index in [9.17, 15) is 4.79 Å². The minimum atomic E-state index is -0.489. The van der Waals surface area contributed by atoms with E-state index in [-0.39, 0.29) is 0 Å². The van der Waals surface area contributed by atoms with Gasteiger partial charge in [0.25, 0.3) is 0 Å². The van der Waals surface area contributed by atoms with E-state index < -0.39 is 11.7 Å². The number of hydrogen-bond acceptors (Lipinski definition) is 5. The van der Waals surface area contributed by atoms with Gasteiger partial charge in [-0.3, -0.25) is 0 Å². The average Bonchev–Trinajstić information content (AvgIpc) is 2.63. The van der Waals surface area contributed by atoms with Crippen LogP contribution in [-0.4, -0.2) is 51.5 Å². The number of carbonyl (C=O) groups excluding carboxylic acids is 1. The average molecular weight is 395 g/mol. The molecule has 1 aromatic carbocycles. The van der Waals surface area contributed by atoms with E-state index in [0.717, 1.165) is 24.5 Å². The van der Waals surface area contributed by atoms with Crippen molar-refractivity contribution in [3.63, 3.8) is 0 Å². The molecule has 0 aliphatic rings. The molecule has 0 spiro atoms. The maximum atomic E-state index is 11.6. The van der Waals surface area contributed by atoms with Gasteiger partial charge in [0.15, 0.2) is 17.5 Å². The summed E-state index contributed by atoms with van der Waals surface area (Å²) >= 11 is 0. The Balaban J connectivity index is 2.47. The number of ether oxygens (including phenoxy) is 3. The summed E-state index contributed by atoms with van der Waals surface area (Å²) in [7, 11) is 3.22. The van der Waals surface area contributed by atoms with Crippen LogP contribution in [-0.2, 0) is 11.3 Å². The first-order chi connectivity index (χ1) is 13.3. The van der Waals surface area contributed by atoms with Crippen LogP contribution in [0.15, 0.2) is 23.2 Å². The summed E-state index contributed by atoms with van der Waals surface area (Å²) in [4.78, 5) is 16.2. The van der Waals surface area contributed by atoms with Crippen LogP contribution in [0.5, 0.6) is 11.5 Å². The fourth-order valence-electron chi connectivity index (χ4n) is 2.29. The molecule has 0 unspecified atom stereocenters. The molecule has 1 rings (SSSR count). The van der Waals surface area contributed by atoms with E-state index in [4.69, 9.17) is 14.2 Å². The van der Waals surface area contributed by atoms with Crippen LogP contribution in [0.2, 0.25) is 0 Å². The van der Waals surface area contributed by atoms with Crippen molar-refractivity contribution in [3.8, 4) is 11.5 Å². The maximum Gasteiger partial charge on any atom is 0.407 e. The summed E-state index contributed by atoms with van der Waals surface area (Å²) in [6.07, 6.45) is 0.349. The number of alkyl carbamates (subject to hydrolysis) is 1. The molecule has 0 atom stereocenters. The number of guanidine groups is 1. The Morgan fingerprint density at radius 1 is 1.04 bits per heavy atom. The molecule has 8 heteroatoms. The van der Waals surface area contributed by atoms with Gasteiger partial charge < -0.3 is 30.2 Å². The summed E-state index contributed by atoms with van der Waals surface area (Å²) in [5.41, 5.74) is 0.526. The fraction of sp³-hybridized carbons (Fsp3) is 0.600. The standard InChI is InChI=1S/C20H34N4O4/c1-7-21-18(22-11-8-12-23-19(25)28-20(2,3)4)24-14-15-9-10-16(26-5)17(13-15)27-6/h9-10,13H,7-8,11-12,14H2,1-6H3,(H,23,25)(H2,21,22,24). The maximum absolute atomic E-state index is 11.6. The lowest BCUT2D eigenvalue weighted by Crippen LogP contribution is -2.39. The minimum absolute atomic E-state index is 0.401. The van der Waals surface area contributed by atoms with Crippen LogP contribution >= 0.6 is 0 Å². The number of methoxy groups -OCH3 is 2. The molecule has 1 aromatic rings. The number of benzene rings is 1. The minimum Gasteiger partial charge on any atom is -0.493 e. The molecular weight excluding hydrogens is 360 g/mol. The number of hydrogen-bond donors (Lipinski definition) is 3. The second-order valence-corrected chi connectivity index (χ2v) is 7.09. The highest BCUT2D eigenvalue weighted by atomic mass is 16.6. The molecule has 0 saturated carbocycles. The zero-order valence-electron chi connectivity index (χ0n) is 17.8. The van der Waals surface area contributed by atoms with E-state index in [1.165, 1.54) is 0 Å². The largest absolute Gasteiger partial charge is 0.493 e. The first-order valence-electron chi connectivity index (χ1n) is 9.49. The molecule has 0 aliphatic carbocycles. The third-order valence-electron chi connectivity index (χ3n) is 3.53. The highest BCUT2D eigenvalue weighted by Crippen LogP contribution is 2.27. The molecule has 1 amide bonds. The molecule has 0 heterocycles. The van der Waals surface area contributed by atoms with E-state index in [2.05, 4.69) is 20.9 Å². The Morgan fingerprint density at radius 3 is 2.32 bits per heavy atom. The van der Waals surface area contributed by atoms with Crippen LogP contribution < -0.4 is 25.4 Å². The van der Waals surface area contributed by atoms with Crippen molar-refractivity contribution in [2.45, 2.75) is 46.3 Å². The van der Waals surface area contributed by atoms with Crippen molar-refractivity contribution in [1.82, 2.24) is 16.0 Å². The number of amides is 1. The lowest BCUT2D eigenvalue weighted by atomic mass is 10.2. The number of nitrogens with zero attached hydrogens (tertiary/aromatic N) is 1. The Kier molecular flexibility index (Phi) is 9.98. The number of carbonyl (C=O) groups is 1. The van der Waals surface area contributed by atoms with Gasteiger partial charge in [0.1, 0.15) is 5.60 Å². The van der Waals surface area contributed by atoms with Gasteiger partial charge >= 0.3 is 6.09 Å². The molecule has 8 nitrogen and oxygen atoms in total. The Morgan fingerprint density at radius 2 is 1.71 bits per heavy atom. The van der Waals surface area contributed by atoms with Crippen molar-refractivity contribution in [1.29, 1.82) is 0 Å². The SMILES string of the molecule is CCNC(=NCc1ccc(OC)c(OC)c1)NCCCNC(=O)OC(C)(C)C. The topological polar surface area (TPSA) is 93.2 Å². The molecule has 28 heavy (non-hydrogen) atoms. The second-order valence-electron chi connectivity index (χ2n) is 7.09. The predicted octanol–water partition coefficient (Wildman–Crippen LogP) is 2.67. The van der Waals surface area contributed by atoms with Crippen molar-refractivity contribution in [3.05, 3.63) is 23.8 Å². The van der Waals surface area contributed by atoms with Crippen molar-refractivity contribution in [2.24, 2.45) is 4.99 Å². The van der Waals surface area contributed by atoms with Gasteiger partial charge in [-0.05, 0) is 51.8 Å².